The Balaban J connectivity index is 1.20. The second kappa shape index (κ2) is 11.3. The lowest BCUT2D eigenvalue weighted by atomic mass is 9.65. The van der Waals surface area contributed by atoms with Gasteiger partial charge in [-0.05, 0) is 103 Å². The minimum atomic E-state index is -0.646. The van der Waals surface area contributed by atoms with Crippen LogP contribution in [-0.4, -0.2) is 0 Å². The van der Waals surface area contributed by atoms with E-state index in [-0.39, 0.29) is 0 Å². The van der Waals surface area contributed by atoms with Crippen LogP contribution in [-0.2, 0) is 5.41 Å². The third kappa shape index (κ3) is 3.94. The number of nitrogens with zero attached hydrogens (tertiary/aromatic N) is 1. The van der Waals surface area contributed by atoms with Gasteiger partial charge in [-0.3, -0.25) is 0 Å². The quantitative estimate of drug-likeness (QED) is 0.168. The first-order valence-electron chi connectivity index (χ1n) is 19.8. The van der Waals surface area contributed by atoms with Crippen LogP contribution in [0.1, 0.15) is 22.3 Å². The van der Waals surface area contributed by atoms with Gasteiger partial charge < -0.3 is 9.32 Å². The number of para-hydroxylation sites is 3. The van der Waals surface area contributed by atoms with Gasteiger partial charge in [-0.25, -0.2) is 0 Å². The second-order valence-corrected chi connectivity index (χ2v) is 15.5. The molecule has 1 aliphatic heterocycles. The fraction of sp³-hybridized carbons (Fsp3) is 0.0182. The summed E-state index contributed by atoms with van der Waals surface area (Å²) in [6.45, 7) is 0. The van der Waals surface area contributed by atoms with E-state index in [0.29, 0.717) is 0 Å². The average Bonchev–Trinajstić information content (AvgIpc) is 3.73. The summed E-state index contributed by atoms with van der Waals surface area (Å²) in [6.07, 6.45) is 0. The second-order valence-electron chi connectivity index (χ2n) is 15.5. The van der Waals surface area contributed by atoms with Gasteiger partial charge in [0.15, 0.2) is 0 Å². The number of rotatable bonds is 1. The molecule has 57 heavy (non-hydrogen) atoms. The fourth-order valence-corrected chi connectivity index (χ4v) is 10.7. The summed E-state index contributed by atoms with van der Waals surface area (Å²) in [5.41, 5.74) is 22.2. The van der Waals surface area contributed by atoms with Crippen LogP contribution >= 0.6 is 0 Å². The molecule has 264 valence electrons. The van der Waals surface area contributed by atoms with Crippen LogP contribution < -0.4 is 4.90 Å². The highest BCUT2D eigenvalue weighted by Crippen LogP contribution is 2.64. The van der Waals surface area contributed by atoms with Crippen LogP contribution in [0.3, 0.4) is 0 Å². The summed E-state index contributed by atoms with van der Waals surface area (Å²) in [7, 11) is 0. The maximum Gasteiger partial charge on any atom is 0.136 e. The summed E-state index contributed by atoms with van der Waals surface area (Å²) < 4.78 is 6.58. The zero-order valence-electron chi connectivity index (χ0n) is 30.9. The number of fused-ring (bicyclic) bond motifs is 21. The molecule has 0 fully saturated rings. The van der Waals surface area contributed by atoms with Crippen molar-refractivity contribution in [3.8, 4) is 55.6 Å². The Morgan fingerprint density at radius 1 is 0.333 bits per heavy atom. The van der Waals surface area contributed by atoms with E-state index in [1.165, 1.54) is 83.3 Å². The molecule has 0 amide bonds. The van der Waals surface area contributed by atoms with Gasteiger partial charge in [0.25, 0.3) is 0 Å². The Morgan fingerprint density at radius 2 is 0.825 bits per heavy atom. The molecule has 2 heterocycles. The molecule has 0 bridgehead atoms. The van der Waals surface area contributed by atoms with Crippen LogP contribution in [0.5, 0.6) is 0 Å². The van der Waals surface area contributed by atoms with Crippen LogP contribution in [0.25, 0.3) is 77.6 Å². The van der Waals surface area contributed by atoms with Crippen LogP contribution in [0, 0.1) is 0 Å². The lowest BCUT2D eigenvalue weighted by Crippen LogP contribution is -2.29. The molecule has 0 radical (unpaired) electrons. The average molecular weight is 724 g/mol. The highest BCUT2D eigenvalue weighted by atomic mass is 16.3. The van der Waals surface area contributed by atoms with Crippen molar-refractivity contribution in [3.05, 3.63) is 222 Å². The third-order valence-electron chi connectivity index (χ3n) is 12.8. The minimum Gasteiger partial charge on any atom is -0.456 e. The number of hydrogen-bond donors (Lipinski definition) is 0. The van der Waals surface area contributed by atoms with Crippen molar-refractivity contribution >= 4 is 39.0 Å². The number of benzene rings is 9. The lowest BCUT2D eigenvalue weighted by Gasteiger charge is -2.36. The molecular formula is C55H33NO. The number of anilines is 3. The smallest absolute Gasteiger partial charge is 0.136 e. The summed E-state index contributed by atoms with van der Waals surface area (Å²) in [5.74, 6) is 0. The van der Waals surface area contributed by atoms with Crippen molar-refractivity contribution < 1.29 is 4.42 Å². The fourth-order valence-electron chi connectivity index (χ4n) is 10.7. The van der Waals surface area contributed by atoms with Crippen molar-refractivity contribution in [2.24, 2.45) is 0 Å². The molecule has 1 aromatic heterocycles. The molecular weight excluding hydrogens is 691 g/mol. The van der Waals surface area contributed by atoms with Gasteiger partial charge in [0, 0.05) is 27.6 Å². The van der Waals surface area contributed by atoms with Gasteiger partial charge in [0.2, 0.25) is 0 Å². The summed E-state index contributed by atoms with van der Waals surface area (Å²) in [6, 6.07) is 74.2. The Labute approximate surface area is 330 Å². The van der Waals surface area contributed by atoms with Gasteiger partial charge in [-0.2, -0.15) is 0 Å². The molecule has 1 spiro atoms. The predicted octanol–water partition coefficient (Wildman–Crippen LogP) is 14.7. The summed E-state index contributed by atoms with van der Waals surface area (Å²) in [4.78, 5) is 2.50. The first-order chi connectivity index (χ1) is 28.3. The zero-order chi connectivity index (χ0) is 37.2. The third-order valence-corrected chi connectivity index (χ3v) is 12.8. The Bertz CT molecular complexity index is 3260. The SMILES string of the molecule is c1ccc2c(c1)-c1ccccc1N(c1ccc3c(c1)C1(c4ccccc4-c4ccccc4-3)c3ccccc3-c3c1ccc1oc4ccccc4c31)c1ccccc1-2. The number of hydrogen-bond acceptors (Lipinski definition) is 2. The molecule has 0 N–H and O–H groups in total. The lowest BCUT2D eigenvalue weighted by molar-refractivity contribution is 0.668. The Morgan fingerprint density at radius 3 is 1.49 bits per heavy atom. The maximum atomic E-state index is 6.58. The molecule has 10 aromatic rings. The molecule has 1 unspecified atom stereocenters. The zero-order valence-corrected chi connectivity index (χ0v) is 30.9. The van der Waals surface area contributed by atoms with Gasteiger partial charge in [-0.15, -0.1) is 0 Å². The molecule has 2 nitrogen and oxygen atoms in total. The molecule has 9 aromatic carbocycles. The first-order valence-corrected chi connectivity index (χ1v) is 19.8. The monoisotopic (exact) mass is 723 g/mol. The van der Waals surface area contributed by atoms with Crippen LogP contribution in [0.15, 0.2) is 205 Å². The van der Waals surface area contributed by atoms with Gasteiger partial charge in [0.1, 0.15) is 11.2 Å². The van der Waals surface area contributed by atoms with Gasteiger partial charge >= 0.3 is 0 Å². The van der Waals surface area contributed by atoms with Gasteiger partial charge in [-0.1, -0.05) is 164 Å². The Kier molecular flexibility index (Phi) is 6.13. The molecule has 2 heteroatoms. The molecule has 1 atom stereocenters. The van der Waals surface area contributed by atoms with E-state index in [1.54, 1.807) is 0 Å². The van der Waals surface area contributed by atoms with Gasteiger partial charge in [0.05, 0.1) is 16.8 Å². The van der Waals surface area contributed by atoms with E-state index in [1.807, 2.05) is 0 Å². The van der Waals surface area contributed by atoms with E-state index >= 15 is 0 Å². The molecule has 0 saturated heterocycles. The summed E-state index contributed by atoms with van der Waals surface area (Å²) >= 11 is 0. The normalized spacial score (nSPS) is 15.4. The van der Waals surface area contributed by atoms with Crippen molar-refractivity contribution in [2.75, 3.05) is 4.90 Å². The van der Waals surface area contributed by atoms with E-state index in [4.69, 9.17) is 4.42 Å². The minimum absolute atomic E-state index is 0.646. The molecule has 13 rings (SSSR count). The maximum absolute atomic E-state index is 6.58. The first kappa shape index (κ1) is 30.9. The van der Waals surface area contributed by atoms with Crippen molar-refractivity contribution in [1.29, 1.82) is 0 Å². The summed E-state index contributed by atoms with van der Waals surface area (Å²) in [5, 5.41) is 2.32. The van der Waals surface area contributed by atoms with E-state index in [2.05, 4.69) is 205 Å². The highest BCUT2D eigenvalue weighted by molar-refractivity contribution is 6.16. The van der Waals surface area contributed by atoms with Crippen LogP contribution in [0.4, 0.5) is 17.1 Å². The Hall–Kier alpha value is -7.42. The largest absolute Gasteiger partial charge is 0.456 e. The molecule has 3 aliphatic rings. The van der Waals surface area contributed by atoms with E-state index in [9.17, 15) is 0 Å². The van der Waals surface area contributed by atoms with Crippen molar-refractivity contribution in [1.82, 2.24) is 0 Å². The number of furan rings is 1. The van der Waals surface area contributed by atoms with Crippen molar-refractivity contribution in [3.63, 3.8) is 0 Å². The predicted molar refractivity (Wildman–Crippen MR) is 235 cm³/mol. The topological polar surface area (TPSA) is 16.4 Å². The standard InChI is InChI=1S/C55H33NO/c1-2-16-36-35(15-1)39-19-5-10-24-45(39)55(46-25-11-6-22-43(46)53-47(55)31-32-52-54(53)44-23-9-14-28-51(44)57-52)48-33-34(29-30-40(36)48)56-49-26-12-7-20-41(49)37-17-3-4-18-38(37)42-21-8-13-27-50(42)56/h1-33H. The van der Waals surface area contributed by atoms with E-state index < -0.39 is 5.41 Å². The molecule has 2 aliphatic carbocycles. The van der Waals surface area contributed by atoms with Crippen LogP contribution in [0.2, 0.25) is 0 Å². The highest BCUT2D eigenvalue weighted by Gasteiger charge is 2.51. The van der Waals surface area contributed by atoms with E-state index in [0.717, 1.165) is 33.6 Å². The van der Waals surface area contributed by atoms with Crippen molar-refractivity contribution in [2.45, 2.75) is 5.41 Å². The molecule has 0 saturated carbocycles.